The van der Waals surface area contributed by atoms with Gasteiger partial charge in [-0.3, -0.25) is 0 Å². The highest BCUT2D eigenvalue weighted by molar-refractivity contribution is 5.77. The molecule has 2 N–H and O–H groups in total. The molecule has 1 aromatic carbocycles. The van der Waals surface area contributed by atoms with Crippen molar-refractivity contribution < 1.29 is 19.4 Å². The molecule has 17 heavy (non-hydrogen) atoms. The number of benzene rings is 1. The van der Waals surface area contributed by atoms with Gasteiger partial charge in [-0.15, -0.1) is 0 Å². The van der Waals surface area contributed by atoms with E-state index in [0.717, 1.165) is 5.39 Å². The Morgan fingerprint density at radius 2 is 2.12 bits per heavy atom. The molecule has 0 radical (unpaired) electrons. The number of para-hydroxylation sites is 1. The van der Waals surface area contributed by atoms with Gasteiger partial charge in [0.05, 0.1) is 6.61 Å². The lowest BCUT2D eigenvalue weighted by molar-refractivity contribution is 0.0525. The van der Waals surface area contributed by atoms with Gasteiger partial charge in [0.15, 0.2) is 0 Å². The normalized spacial score (nSPS) is 12.6. The predicted octanol–water partition coefficient (Wildman–Crippen LogP) is 0.525. The lowest BCUT2D eigenvalue weighted by atomic mass is 10.2. The lowest BCUT2D eigenvalue weighted by Gasteiger charge is -2.08. The standard InChI is InChI=1S/C12H12O5/c13-6-9(14)7-16-11-5-8-3-1-2-4-10(8)17-12(11)15/h1-5,9,13-14H,6-7H2. The van der Waals surface area contributed by atoms with E-state index in [0.29, 0.717) is 5.58 Å². The quantitative estimate of drug-likeness (QED) is 0.757. The molecule has 0 bridgehead atoms. The van der Waals surface area contributed by atoms with Crippen molar-refractivity contribution in [3.05, 3.63) is 40.8 Å². The molecule has 0 aliphatic carbocycles. The first-order chi connectivity index (χ1) is 8.20. The van der Waals surface area contributed by atoms with Gasteiger partial charge >= 0.3 is 5.63 Å². The summed E-state index contributed by atoms with van der Waals surface area (Å²) in [5.41, 5.74) is -0.124. The molecule has 1 aromatic heterocycles. The van der Waals surface area contributed by atoms with E-state index in [1.807, 2.05) is 6.07 Å². The molecule has 5 nitrogen and oxygen atoms in total. The van der Waals surface area contributed by atoms with E-state index in [-0.39, 0.29) is 12.4 Å². The SMILES string of the molecule is O=c1oc2ccccc2cc1OCC(O)CO. The zero-order valence-corrected chi connectivity index (χ0v) is 9.00. The Balaban J connectivity index is 2.28. The number of hydrogen-bond donors (Lipinski definition) is 2. The van der Waals surface area contributed by atoms with Crippen molar-refractivity contribution in [2.24, 2.45) is 0 Å². The van der Waals surface area contributed by atoms with Gasteiger partial charge in [-0.2, -0.15) is 0 Å². The summed E-state index contributed by atoms with van der Waals surface area (Å²) in [6.45, 7) is -0.571. The van der Waals surface area contributed by atoms with Crippen LogP contribution in [0.1, 0.15) is 0 Å². The van der Waals surface area contributed by atoms with Crippen molar-refractivity contribution in [3.8, 4) is 5.75 Å². The molecule has 1 atom stereocenters. The molecule has 0 fully saturated rings. The molecule has 2 aromatic rings. The van der Waals surface area contributed by atoms with E-state index in [9.17, 15) is 4.79 Å². The average Bonchev–Trinajstić information content (AvgIpc) is 2.35. The van der Waals surface area contributed by atoms with E-state index >= 15 is 0 Å². The molecule has 90 valence electrons. The fraction of sp³-hybridized carbons (Fsp3) is 0.250. The molecule has 0 amide bonds. The Labute approximate surface area is 96.9 Å². The number of aliphatic hydroxyl groups is 2. The van der Waals surface area contributed by atoms with Crippen molar-refractivity contribution in [3.63, 3.8) is 0 Å². The second-order valence-corrected chi connectivity index (χ2v) is 3.58. The van der Waals surface area contributed by atoms with Crippen molar-refractivity contribution in [2.75, 3.05) is 13.2 Å². The monoisotopic (exact) mass is 236 g/mol. The van der Waals surface area contributed by atoms with Gasteiger partial charge in [-0.25, -0.2) is 4.79 Å². The van der Waals surface area contributed by atoms with Gasteiger partial charge in [0.2, 0.25) is 5.75 Å². The molecule has 1 heterocycles. The molecule has 2 rings (SSSR count). The second-order valence-electron chi connectivity index (χ2n) is 3.58. The molecule has 1 unspecified atom stereocenters. The maximum absolute atomic E-state index is 11.5. The summed E-state index contributed by atoms with van der Waals surface area (Å²) < 4.78 is 10.1. The number of hydrogen-bond acceptors (Lipinski definition) is 5. The van der Waals surface area contributed by atoms with E-state index in [2.05, 4.69) is 0 Å². The van der Waals surface area contributed by atoms with Crippen LogP contribution in [0.3, 0.4) is 0 Å². The summed E-state index contributed by atoms with van der Waals surface area (Å²) in [6, 6.07) is 8.60. The number of ether oxygens (including phenoxy) is 1. The van der Waals surface area contributed by atoms with Crippen LogP contribution in [0.5, 0.6) is 5.75 Å². The summed E-state index contributed by atoms with van der Waals surface area (Å²) in [5, 5.41) is 18.5. The molecular formula is C12H12O5. The van der Waals surface area contributed by atoms with Gasteiger partial charge in [0.1, 0.15) is 18.3 Å². The van der Waals surface area contributed by atoms with Gasteiger partial charge in [0.25, 0.3) is 0 Å². The smallest absolute Gasteiger partial charge is 0.379 e. The average molecular weight is 236 g/mol. The van der Waals surface area contributed by atoms with Crippen LogP contribution in [0, 0.1) is 0 Å². The largest absolute Gasteiger partial charge is 0.484 e. The zero-order valence-electron chi connectivity index (χ0n) is 9.00. The van der Waals surface area contributed by atoms with Gasteiger partial charge in [0, 0.05) is 5.39 Å². The van der Waals surface area contributed by atoms with Gasteiger partial charge in [-0.1, -0.05) is 18.2 Å². The first kappa shape index (κ1) is 11.6. The number of fused-ring (bicyclic) bond motifs is 1. The highest BCUT2D eigenvalue weighted by atomic mass is 16.5. The Kier molecular flexibility index (Phi) is 3.41. The number of rotatable bonds is 4. The lowest BCUT2D eigenvalue weighted by Crippen LogP contribution is -2.23. The minimum Gasteiger partial charge on any atom is -0.484 e. The second kappa shape index (κ2) is 4.99. The van der Waals surface area contributed by atoms with Crippen LogP contribution in [-0.4, -0.2) is 29.5 Å². The van der Waals surface area contributed by atoms with Crippen LogP contribution in [0.25, 0.3) is 11.0 Å². The highest BCUT2D eigenvalue weighted by Gasteiger charge is 2.08. The van der Waals surface area contributed by atoms with Crippen LogP contribution in [-0.2, 0) is 0 Å². The van der Waals surface area contributed by atoms with Crippen LogP contribution in [0.2, 0.25) is 0 Å². The molecule has 5 heteroatoms. The molecule has 0 saturated heterocycles. The molecule has 0 aliphatic rings. The van der Waals surface area contributed by atoms with Crippen molar-refractivity contribution in [1.82, 2.24) is 0 Å². The zero-order chi connectivity index (χ0) is 12.3. The van der Waals surface area contributed by atoms with Crippen LogP contribution >= 0.6 is 0 Å². The van der Waals surface area contributed by atoms with Crippen LogP contribution < -0.4 is 10.4 Å². The maximum Gasteiger partial charge on any atom is 0.379 e. The summed E-state index contributed by atoms with van der Waals surface area (Å²) in [6.07, 6.45) is -1.01. The first-order valence-corrected chi connectivity index (χ1v) is 5.15. The Morgan fingerprint density at radius 3 is 2.88 bits per heavy atom. The minimum atomic E-state index is -1.01. The van der Waals surface area contributed by atoms with Crippen LogP contribution in [0.4, 0.5) is 0 Å². The topological polar surface area (TPSA) is 79.9 Å². The Hall–Kier alpha value is -1.85. The third-order valence-electron chi connectivity index (χ3n) is 2.25. The summed E-state index contributed by atoms with van der Waals surface area (Å²) in [4.78, 5) is 11.5. The molecule has 0 aliphatic heterocycles. The van der Waals surface area contributed by atoms with Gasteiger partial charge < -0.3 is 19.4 Å². The minimum absolute atomic E-state index is 0.0243. The Morgan fingerprint density at radius 1 is 1.35 bits per heavy atom. The maximum atomic E-state index is 11.5. The Bertz CT molecular complexity index is 560. The first-order valence-electron chi connectivity index (χ1n) is 5.15. The third kappa shape index (κ3) is 2.64. The van der Waals surface area contributed by atoms with Crippen molar-refractivity contribution >= 4 is 11.0 Å². The van der Waals surface area contributed by atoms with E-state index in [1.165, 1.54) is 0 Å². The van der Waals surface area contributed by atoms with Gasteiger partial charge in [-0.05, 0) is 12.1 Å². The summed E-state index contributed by atoms with van der Waals surface area (Å²) in [7, 11) is 0. The molecular weight excluding hydrogens is 224 g/mol. The molecule has 0 saturated carbocycles. The summed E-state index contributed by atoms with van der Waals surface area (Å²) >= 11 is 0. The van der Waals surface area contributed by atoms with Crippen LogP contribution in [0.15, 0.2) is 39.5 Å². The fourth-order valence-corrected chi connectivity index (χ4v) is 1.38. The summed E-state index contributed by atoms with van der Waals surface area (Å²) in [5.74, 6) is 0.0243. The predicted molar refractivity (Wildman–Crippen MR) is 61.1 cm³/mol. The third-order valence-corrected chi connectivity index (χ3v) is 2.25. The highest BCUT2D eigenvalue weighted by Crippen LogP contribution is 2.16. The van der Waals surface area contributed by atoms with E-state index in [4.69, 9.17) is 19.4 Å². The van der Waals surface area contributed by atoms with E-state index in [1.54, 1.807) is 24.3 Å². The fourth-order valence-electron chi connectivity index (χ4n) is 1.38. The van der Waals surface area contributed by atoms with Crippen molar-refractivity contribution in [2.45, 2.75) is 6.10 Å². The molecule has 0 spiro atoms. The van der Waals surface area contributed by atoms with Crippen molar-refractivity contribution in [1.29, 1.82) is 0 Å². The number of aliphatic hydroxyl groups excluding tert-OH is 2. The van der Waals surface area contributed by atoms with E-state index < -0.39 is 18.3 Å².